The summed E-state index contributed by atoms with van der Waals surface area (Å²) in [6, 6.07) is 19.2. The minimum Gasteiger partial charge on any atom is -0.680 e. The summed E-state index contributed by atoms with van der Waals surface area (Å²) in [4.78, 5) is 0. The van der Waals surface area contributed by atoms with Crippen LogP contribution in [0.25, 0.3) is 16.0 Å². The fourth-order valence-electron chi connectivity index (χ4n) is 4.72. The van der Waals surface area contributed by atoms with Gasteiger partial charge in [-0.15, -0.1) is 33.7 Å². The molecule has 1 aliphatic heterocycles. The predicted molar refractivity (Wildman–Crippen MR) is 196 cm³/mol. The van der Waals surface area contributed by atoms with Crippen molar-refractivity contribution >= 4 is 17.1 Å². The average Bonchev–Trinajstić information content (AvgIpc) is 3.34. The van der Waals surface area contributed by atoms with Crippen LogP contribution < -0.4 is 0 Å². The SMILES string of the molecule is C1CCOC1.Cc1cc(C)cc([N-]C(C)(C)C)c1.Cc1cc(C)cc([N-]C(C)(C)C)c1.Cc1cc(C)cc([N-]C(C)(C)C)c1.[U+3]. The van der Waals surface area contributed by atoms with Gasteiger partial charge in [0.05, 0.1) is 0 Å². The number of benzene rings is 3. The maximum atomic E-state index is 4.94. The zero-order valence-electron chi connectivity index (χ0n) is 31.3. The molecule has 0 spiro atoms. The Labute approximate surface area is 301 Å². The van der Waals surface area contributed by atoms with E-state index in [9.17, 15) is 0 Å². The van der Waals surface area contributed by atoms with Gasteiger partial charge in [-0.05, 0) is 54.4 Å². The summed E-state index contributed by atoms with van der Waals surface area (Å²) in [5, 5.41) is 13.8. The number of rotatable bonds is 3. The quantitative estimate of drug-likeness (QED) is 0.259. The molecule has 0 amide bonds. The van der Waals surface area contributed by atoms with Crippen LogP contribution in [0.4, 0.5) is 17.1 Å². The molecule has 0 N–H and O–H groups in total. The number of hydrogen-bond donors (Lipinski definition) is 0. The van der Waals surface area contributed by atoms with Gasteiger partial charge in [0.2, 0.25) is 0 Å². The summed E-state index contributed by atoms with van der Waals surface area (Å²) < 4.78 is 4.94. The molecule has 247 valence electrons. The Kier molecular flexibility index (Phi) is 18.8. The monoisotopic (exact) mass is 839 g/mol. The van der Waals surface area contributed by atoms with Crippen LogP contribution in [0.1, 0.15) is 109 Å². The fourth-order valence-corrected chi connectivity index (χ4v) is 4.72. The van der Waals surface area contributed by atoms with Crippen molar-refractivity contribution in [3.05, 3.63) is 104 Å². The minimum atomic E-state index is 0. The van der Waals surface area contributed by atoms with Crippen LogP contribution in [-0.2, 0) is 4.74 Å². The maximum Gasteiger partial charge on any atom is 3.00 e. The normalized spacial score (nSPS) is 12.6. The molecular formula is C40H62N3OU. The maximum absolute atomic E-state index is 4.94. The van der Waals surface area contributed by atoms with Crippen LogP contribution >= 0.6 is 0 Å². The van der Waals surface area contributed by atoms with E-state index in [-0.39, 0.29) is 47.7 Å². The van der Waals surface area contributed by atoms with Crippen molar-refractivity contribution in [2.75, 3.05) is 13.2 Å². The van der Waals surface area contributed by atoms with Crippen molar-refractivity contribution in [2.45, 2.75) is 133 Å². The number of nitrogens with zero attached hydrogens (tertiary/aromatic N) is 3. The van der Waals surface area contributed by atoms with E-state index >= 15 is 0 Å². The third-order valence-electron chi connectivity index (χ3n) is 5.84. The molecule has 1 radical (unpaired) electrons. The third-order valence-corrected chi connectivity index (χ3v) is 5.84. The van der Waals surface area contributed by atoms with E-state index in [1.807, 2.05) is 0 Å². The second-order valence-electron chi connectivity index (χ2n) is 15.2. The molecule has 1 heterocycles. The Balaban J connectivity index is 0.000000591. The molecule has 0 saturated carbocycles. The molecule has 1 aliphatic rings. The summed E-state index contributed by atoms with van der Waals surface area (Å²) >= 11 is 0. The van der Waals surface area contributed by atoms with Gasteiger partial charge in [-0.2, -0.15) is 0 Å². The van der Waals surface area contributed by atoms with Crippen LogP contribution in [0.5, 0.6) is 0 Å². The second kappa shape index (κ2) is 19.7. The third kappa shape index (κ3) is 23.1. The number of hydrogen-bond acceptors (Lipinski definition) is 1. The van der Waals surface area contributed by atoms with E-state index in [2.05, 4.69) is 174 Å². The molecule has 0 bridgehead atoms. The summed E-state index contributed by atoms with van der Waals surface area (Å²) in [7, 11) is 0. The van der Waals surface area contributed by atoms with E-state index in [4.69, 9.17) is 4.74 Å². The molecule has 1 fully saturated rings. The summed E-state index contributed by atoms with van der Waals surface area (Å²) in [6.45, 7) is 33.7. The molecule has 0 unspecified atom stereocenters. The first-order valence-electron chi connectivity index (χ1n) is 16.1. The minimum absolute atomic E-state index is 0. The van der Waals surface area contributed by atoms with Gasteiger partial charge in [-0.3, -0.25) is 0 Å². The molecule has 3 aromatic rings. The molecule has 4 nitrogen and oxygen atoms in total. The second-order valence-corrected chi connectivity index (χ2v) is 15.2. The van der Waals surface area contributed by atoms with Gasteiger partial charge < -0.3 is 20.7 Å². The van der Waals surface area contributed by atoms with Gasteiger partial charge in [0.1, 0.15) is 0 Å². The fraction of sp³-hybridized carbons (Fsp3) is 0.550. The largest absolute Gasteiger partial charge is 3.00 e. The van der Waals surface area contributed by atoms with Gasteiger partial charge in [0, 0.05) is 13.2 Å². The van der Waals surface area contributed by atoms with Gasteiger partial charge in [-0.25, -0.2) is 0 Å². The van der Waals surface area contributed by atoms with Crippen LogP contribution in [0, 0.1) is 72.7 Å². The van der Waals surface area contributed by atoms with Crippen molar-refractivity contribution in [1.82, 2.24) is 0 Å². The molecule has 3 aromatic carbocycles. The van der Waals surface area contributed by atoms with E-state index < -0.39 is 0 Å². The van der Waals surface area contributed by atoms with E-state index in [0.29, 0.717) is 0 Å². The smallest absolute Gasteiger partial charge is 0.680 e. The van der Waals surface area contributed by atoms with Gasteiger partial charge in [-0.1, -0.05) is 150 Å². The van der Waals surface area contributed by atoms with Crippen molar-refractivity contribution in [2.24, 2.45) is 0 Å². The Hall–Kier alpha value is -1.93. The topological polar surface area (TPSA) is 51.5 Å². The zero-order valence-corrected chi connectivity index (χ0v) is 35.4. The first-order chi connectivity index (χ1) is 20.1. The van der Waals surface area contributed by atoms with Gasteiger partial charge in [0.15, 0.2) is 0 Å². The van der Waals surface area contributed by atoms with E-state index in [1.165, 1.54) is 46.2 Å². The Morgan fingerprint density at radius 1 is 0.400 bits per heavy atom. The Morgan fingerprint density at radius 2 is 0.600 bits per heavy atom. The van der Waals surface area contributed by atoms with E-state index in [0.717, 1.165) is 30.3 Å². The molecular weight excluding hydrogens is 776 g/mol. The Morgan fingerprint density at radius 3 is 0.733 bits per heavy atom. The van der Waals surface area contributed by atoms with Gasteiger partial charge >= 0.3 is 31.1 Å². The first kappa shape index (κ1) is 43.1. The van der Waals surface area contributed by atoms with Crippen molar-refractivity contribution in [3.63, 3.8) is 0 Å². The van der Waals surface area contributed by atoms with E-state index in [1.54, 1.807) is 0 Å². The average molecular weight is 839 g/mol. The number of aryl methyl sites for hydroxylation is 6. The van der Waals surface area contributed by atoms with Crippen LogP contribution in [-0.4, -0.2) is 29.8 Å². The molecule has 5 heteroatoms. The molecule has 4 rings (SSSR count). The zero-order chi connectivity index (χ0) is 33.7. The van der Waals surface area contributed by atoms with Gasteiger partial charge in [0.25, 0.3) is 0 Å². The van der Waals surface area contributed by atoms with Crippen LogP contribution in [0.3, 0.4) is 0 Å². The Bertz CT molecular complexity index is 1060. The predicted octanol–water partition coefficient (Wildman–Crippen LogP) is 13.1. The molecule has 1 saturated heterocycles. The molecule has 0 atom stereocenters. The van der Waals surface area contributed by atoms with Crippen molar-refractivity contribution in [3.8, 4) is 0 Å². The molecule has 0 aromatic heterocycles. The standard InChI is InChI=1S/3C12H18N.C4H8O.U/c3*1-9-6-10(2)8-11(7-9)13-12(3,4)5;1-2-4-5-3-1;/h3*6-8H,1-5H3;1-4H2;/q3*-1;;+3. The van der Waals surface area contributed by atoms with Crippen molar-refractivity contribution < 1.29 is 35.9 Å². The van der Waals surface area contributed by atoms with Crippen LogP contribution in [0.2, 0.25) is 0 Å². The number of ether oxygens (including phenoxy) is 1. The van der Waals surface area contributed by atoms with Crippen molar-refractivity contribution in [1.29, 1.82) is 0 Å². The summed E-state index contributed by atoms with van der Waals surface area (Å²) in [6.07, 6.45) is 2.56. The molecule has 0 aliphatic carbocycles. The summed E-state index contributed by atoms with van der Waals surface area (Å²) in [5.74, 6) is 0. The first-order valence-corrected chi connectivity index (χ1v) is 16.1. The molecule has 45 heavy (non-hydrogen) atoms. The van der Waals surface area contributed by atoms with Crippen LogP contribution in [0.15, 0.2) is 54.6 Å². The summed E-state index contributed by atoms with van der Waals surface area (Å²) in [5.41, 5.74) is 11.0.